The van der Waals surface area contributed by atoms with Gasteiger partial charge in [0.2, 0.25) is 5.88 Å². The van der Waals surface area contributed by atoms with Crippen molar-refractivity contribution in [2.24, 2.45) is 0 Å². The van der Waals surface area contributed by atoms with Crippen LogP contribution in [0.15, 0.2) is 30.6 Å². The van der Waals surface area contributed by atoms with E-state index in [1.54, 1.807) is 12.1 Å². The van der Waals surface area contributed by atoms with Crippen LogP contribution in [0.4, 0.5) is 4.39 Å². The maximum absolute atomic E-state index is 13.9. The molecular weight excluding hydrogens is 233 g/mol. The number of methoxy groups -OCH3 is 1. The molecule has 0 saturated heterocycles. The summed E-state index contributed by atoms with van der Waals surface area (Å²) in [5.74, 6) is -0.0216. The van der Waals surface area contributed by atoms with Gasteiger partial charge in [0.25, 0.3) is 0 Å². The van der Waals surface area contributed by atoms with E-state index in [0.29, 0.717) is 23.7 Å². The summed E-state index contributed by atoms with van der Waals surface area (Å²) in [6.45, 7) is 0.663. The molecule has 0 unspecified atom stereocenters. The molecule has 0 atom stereocenters. The lowest BCUT2D eigenvalue weighted by Gasteiger charge is -2.08. The van der Waals surface area contributed by atoms with Crippen molar-refractivity contribution in [1.82, 2.24) is 15.3 Å². The summed E-state index contributed by atoms with van der Waals surface area (Å²) in [6.07, 6.45) is 3.03. The van der Waals surface area contributed by atoms with Crippen molar-refractivity contribution >= 4 is 0 Å². The average Bonchev–Trinajstić information content (AvgIpc) is 2.41. The summed E-state index contributed by atoms with van der Waals surface area (Å²) in [5, 5.41) is 3.02. The van der Waals surface area contributed by atoms with E-state index in [4.69, 9.17) is 4.74 Å². The molecule has 1 aromatic carbocycles. The second-order valence-corrected chi connectivity index (χ2v) is 3.76. The highest BCUT2D eigenvalue weighted by Crippen LogP contribution is 2.28. The maximum atomic E-state index is 13.9. The lowest BCUT2D eigenvalue weighted by molar-refractivity contribution is 0.397. The molecule has 0 radical (unpaired) electrons. The molecule has 0 saturated carbocycles. The Labute approximate surface area is 105 Å². The number of aromatic nitrogens is 2. The van der Waals surface area contributed by atoms with Crippen LogP contribution in [0.5, 0.6) is 5.88 Å². The van der Waals surface area contributed by atoms with Crippen LogP contribution in [-0.2, 0) is 6.54 Å². The molecule has 5 heteroatoms. The lowest BCUT2D eigenvalue weighted by atomic mass is 10.1. The second kappa shape index (κ2) is 5.55. The minimum Gasteiger partial charge on any atom is -0.479 e. The van der Waals surface area contributed by atoms with Crippen LogP contribution in [0.2, 0.25) is 0 Å². The van der Waals surface area contributed by atoms with E-state index in [9.17, 15) is 4.39 Å². The van der Waals surface area contributed by atoms with Gasteiger partial charge in [0.05, 0.1) is 7.11 Å². The first-order valence-corrected chi connectivity index (χ1v) is 5.54. The van der Waals surface area contributed by atoms with E-state index in [1.165, 1.54) is 25.6 Å². The Bertz CT molecular complexity index is 546. The highest BCUT2D eigenvalue weighted by molar-refractivity contribution is 5.65. The Kier molecular flexibility index (Phi) is 3.84. The monoisotopic (exact) mass is 247 g/mol. The maximum Gasteiger partial charge on any atom is 0.240 e. The number of hydrogen-bond donors (Lipinski definition) is 1. The normalized spacial score (nSPS) is 10.4. The van der Waals surface area contributed by atoms with Gasteiger partial charge in [-0.15, -0.1) is 0 Å². The van der Waals surface area contributed by atoms with E-state index in [2.05, 4.69) is 15.3 Å². The van der Waals surface area contributed by atoms with Crippen LogP contribution in [0.3, 0.4) is 0 Å². The van der Waals surface area contributed by atoms with Crippen LogP contribution in [0, 0.1) is 5.82 Å². The molecule has 1 N–H and O–H groups in total. The van der Waals surface area contributed by atoms with Crippen LogP contribution < -0.4 is 10.1 Å². The SMILES string of the molecule is CNCc1ccc(F)c(-c2nccnc2OC)c1. The van der Waals surface area contributed by atoms with Crippen molar-refractivity contribution in [3.05, 3.63) is 42.0 Å². The van der Waals surface area contributed by atoms with Gasteiger partial charge in [0.1, 0.15) is 11.5 Å². The highest BCUT2D eigenvalue weighted by Gasteiger charge is 2.13. The van der Waals surface area contributed by atoms with Crippen molar-refractivity contribution in [3.8, 4) is 17.1 Å². The molecule has 1 heterocycles. The number of ether oxygens (including phenoxy) is 1. The lowest BCUT2D eigenvalue weighted by Crippen LogP contribution is -2.05. The molecule has 0 bridgehead atoms. The standard InChI is InChI=1S/C13H14FN3O/c1-15-8-9-3-4-11(14)10(7-9)12-13(18-2)17-6-5-16-12/h3-7,15H,8H2,1-2H3. The summed E-state index contributed by atoms with van der Waals surface area (Å²) in [5.41, 5.74) is 1.78. The van der Waals surface area contributed by atoms with E-state index in [0.717, 1.165) is 5.56 Å². The molecule has 0 fully saturated rings. The van der Waals surface area contributed by atoms with Crippen molar-refractivity contribution in [1.29, 1.82) is 0 Å². The first-order valence-electron chi connectivity index (χ1n) is 5.54. The fourth-order valence-electron chi connectivity index (χ4n) is 1.73. The van der Waals surface area contributed by atoms with Crippen LogP contribution >= 0.6 is 0 Å². The third kappa shape index (κ3) is 2.46. The largest absolute Gasteiger partial charge is 0.479 e. The molecule has 94 valence electrons. The summed E-state index contributed by atoms with van der Waals surface area (Å²) in [7, 11) is 3.33. The highest BCUT2D eigenvalue weighted by atomic mass is 19.1. The Hall–Kier alpha value is -2.01. The summed E-state index contributed by atoms with van der Waals surface area (Å²) in [4.78, 5) is 8.16. The quantitative estimate of drug-likeness (QED) is 0.897. The van der Waals surface area contributed by atoms with Gasteiger partial charge in [0, 0.05) is 24.5 Å². The molecule has 1 aromatic heterocycles. The fraction of sp³-hybridized carbons (Fsp3) is 0.231. The van der Waals surface area contributed by atoms with Gasteiger partial charge >= 0.3 is 0 Å². The van der Waals surface area contributed by atoms with Gasteiger partial charge in [-0.05, 0) is 24.7 Å². The Morgan fingerprint density at radius 2 is 2.06 bits per heavy atom. The van der Waals surface area contributed by atoms with E-state index < -0.39 is 0 Å². The number of hydrogen-bond acceptors (Lipinski definition) is 4. The topological polar surface area (TPSA) is 47.0 Å². The van der Waals surface area contributed by atoms with Gasteiger partial charge in [0.15, 0.2) is 0 Å². The van der Waals surface area contributed by atoms with Gasteiger partial charge in [-0.2, -0.15) is 0 Å². The molecule has 0 spiro atoms. The smallest absolute Gasteiger partial charge is 0.240 e. The third-order valence-electron chi connectivity index (χ3n) is 2.52. The zero-order valence-electron chi connectivity index (χ0n) is 10.3. The van der Waals surface area contributed by atoms with Gasteiger partial charge < -0.3 is 10.1 Å². The predicted molar refractivity (Wildman–Crippen MR) is 66.7 cm³/mol. The Morgan fingerprint density at radius 1 is 1.28 bits per heavy atom. The van der Waals surface area contributed by atoms with Crippen molar-refractivity contribution in [2.75, 3.05) is 14.2 Å². The Morgan fingerprint density at radius 3 is 2.78 bits per heavy atom. The first kappa shape index (κ1) is 12.4. The molecule has 0 aliphatic rings. The molecule has 0 amide bonds. The molecule has 2 aromatic rings. The van der Waals surface area contributed by atoms with Crippen molar-refractivity contribution in [3.63, 3.8) is 0 Å². The van der Waals surface area contributed by atoms with Crippen molar-refractivity contribution < 1.29 is 9.13 Å². The second-order valence-electron chi connectivity index (χ2n) is 3.76. The molecule has 0 aliphatic carbocycles. The summed E-state index contributed by atoms with van der Waals surface area (Å²) >= 11 is 0. The van der Waals surface area contributed by atoms with Crippen molar-refractivity contribution in [2.45, 2.75) is 6.54 Å². The molecule has 0 aliphatic heterocycles. The number of rotatable bonds is 4. The average molecular weight is 247 g/mol. The van der Waals surface area contributed by atoms with Gasteiger partial charge in [-0.1, -0.05) is 6.07 Å². The minimum atomic E-state index is -0.339. The van der Waals surface area contributed by atoms with E-state index in [-0.39, 0.29) is 5.82 Å². The molecule has 18 heavy (non-hydrogen) atoms. The zero-order valence-corrected chi connectivity index (χ0v) is 10.3. The summed E-state index contributed by atoms with van der Waals surface area (Å²) < 4.78 is 19.0. The van der Waals surface area contributed by atoms with Crippen LogP contribution in [-0.4, -0.2) is 24.1 Å². The van der Waals surface area contributed by atoms with E-state index in [1.807, 2.05) is 7.05 Å². The first-order chi connectivity index (χ1) is 8.76. The van der Waals surface area contributed by atoms with Gasteiger partial charge in [-0.3, -0.25) is 0 Å². The number of nitrogens with one attached hydrogen (secondary N) is 1. The van der Waals surface area contributed by atoms with Crippen LogP contribution in [0.1, 0.15) is 5.56 Å². The fourth-order valence-corrected chi connectivity index (χ4v) is 1.73. The zero-order chi connectivity index (χ0) is 13.0. The number of benzene rings is 1. The molecule has 2 rings (SSSR count). The van der Waals surface area contributed by atoms with Gasteiger partial charge in [-0.25, -0.2) is 14.4 Å². The Balaban J connectivity index is 2.51. The third-order valence-corrected chi connectivity index (χ3v) is 2.52. The minimum absolute atomic E-state index is 0.318. The summed E-state index contributed by atoms with van der Waals surface area (Å²) in [6, 6.07) is 4.91. The molecular formula is C13H14FN3O. The van der Waals surface area contributed by atoms with Crippen LogP contribution in [0.25, 0.3) is 11.3 Å². The molecule has 4 nitrogen and oxygen atoms in total. The number of nitrogens with zero attached hydrogens (tertiary/aromatic N) is 2. The number of halogens is 1. The predicted octanol–water partition coefficient (Wildman–Crippen LogP) is 2.01. The van der Waals surface area contributed by atoms with E-state index >= 15 is 0 Å².